The lowest BCUT2D eigenvalue weighted by molar-refractivity contribution is -0.199. The Morgan fingerprint density at radius 1 is 1.11 bits per heavy atom. The first-order valence-electron chi connectivity index (χ1n) is 11.9. The molecular formula is C25H25F3N6O3. The topological polar surface area (TPSA) is 113 Å². The van der Waals surface area contributed by atoms with Crippen LogP contribution in [0.2, 0.25) is 0 Å². The summed E-state index contributed by atoms with van der Waals surface area (Å²) in [6.45, 7) is 2.38. The Morgan fingerprint density at radius 2 is 1.78 bits per heavy atom. The molecule has 194 valence electrons. The van der Waals surface area contributed by atoms with Crippen molar-refractivity contribution >= 4 is 23.5 Å². The maximum absolute atomic E-state index is 13.3. The van der Waals surface area contributed by atoms with Crippen molar-refractivity contribution in [2.75, 3.05) is 18.4 Å². The van der Waals surface area contributed by atoms with Crippen molar-refractivity contribution in [3.63, 3.8) is 0 Å². The maximum Gasteiger partial charge on any atom is 0.403 e. The van der Waals surface area contributed by atoms with E-state index in [0.717, 1.165) is 11.1 Å². The number of nitrogens with zero attached hydrogens (tertiary/aromatic N) is 5. The van der Waals surface area contributed by atoms with Crippen molar-refractivity contribution in [2.45, 2.75) is 44.8 Å². The number of anilines is 2. The van der Waals surface area contributed by atoms with E-state index in [4.69, 9.17) is 5.11 Å². The number of rotatable bonds is 6. The van der Waals surface area contributed by atoms with Crippen LogP contribution in [-0.4, -0.2) is 60.9 Å². The highest BCUT2D eigenvalue weighted by Gasteiger charge is 2.69. The van der Waals surface area contributed by atoms with Crippen LogP contribution in [0.15, 0.2) is 42.9 Å². The van der Waals surface area contributed by atoms with Crippen molar-refractivity contribution in [1.29, 1.82) is 0 Å². The molecule has 1 amide bonds. The first kappa shape index (κ1) is 24.7. The molecule has 1 aliphatic heterocycles. The minimum atomic E-state index is -4.50. The summed E-state index contributed by atoms with van der Waals surface area (Å²) in [6, 6.07) is 6.38. The lowest BCUT2D eigenvalue weighted by Gasteiger charge is -2.35. The van der Waals surface area contributed by atoms with E-state index in [2.05, 4.69) is 20.4 Å². The number of aryl methyl sites for hydroxylation is 1. The van der Waals surface area contributed by atoms with Gasteiger partial charge < -0.3 is 15.3 Å². The number of benzene rings is 1. The van der Waals surface area contributed by atoms with Crippen LogP contribution in [0, 0.1) is 12.3 Å². The molecule has 5 rings (SSSR count). The summed E-state index contributed by atoms with van der Waals surface area (Å²) < 4.78 is 41.7. The lowest BCUT2D eigenvalue weighted by atomic mass is 10.00. The number of carboxylic acid groups (broad SMARTS) is 1. The second kappa shape index (κ2) is 9.16. The Kier molecular flexibility index (Phi) is 6.12. The van der Waals surface area contributed by atoms with E-state index in [0.29, 0.717) is 30.2 Å². The van der Waals surface area contributed by atoms with Gasteiger partial charge in [-0.1, -0.05) is 12.1 Å². The fourth-order valence-electron chi connectivity index (χ4n) is 4.68. The lowest BCUT2D eigenvalue weighted by Crippen LogP contribution is -2.47. The van der Waals surface area contributed by atoms with E-state index in [-0.39, 0.29) is 37.5 Å². The number of carbonyl (C=O) groups is 2. The minimum Gasteiger partial charge on any atom is -0.478 e. The highest BCUT2D eigenvalue weighted by atomic mass is 19.4. The molecule has 1 aromatic carbocycles. The molecule has 2 aromatic heterocycles. The number of halogens is 3. The average Bonchev–Trinajstić information content (AvgIpc) is 3.58. The zero-order chi connectivity index (χ0) is 26.4. The second-order valence-corrected chi connectivity index (χ2v) is 9.54. The molecule has 3 heterocycles. The van der Waals surface area contributed by atoms with Gasteiger partial charge in [-0.05, 0) is 50.3 Å². The van der Waals surface area contributed by atoms with Crippen LogP contribution in [-0.2, 0) is 4.79 Å². The summed E-state index contributed by atoms with van der Waals surface area (Å²) in [5.74, 6) is -1.47. The molecule has 0 bridgehead atoms. The number of hydrogen-bond donors (Lipinski definition) is 2. The zero-order valence-electron chi connectivity index (χ0n) is 20.0. The number of likely N-dealkylation sites (tertiary alicyclic amines) is 1. The zero-order valence-corrected chi connectivity index (χ0v) is 20.0. The molecule has 12 heteroatoms. The predicted molar refractivity (Wildman–Crippen MR) is 127 cm³/mol. The molecule has 1 saturated heterocycles. The van der Waals surface area contributed by atoms with Crippen molar-refractivity contribution in [3.8, 4) is 11.3 Å². The third-order valence-electron chi connectivity index (χ3n) is 7.06. The van der Waals surface area contributed by atoms with E-state index in [1.165, 1.54) is 17.0 Å². The summed E-state index contributed by atoms with van der Waals surface area (Å²) in [5, 5.41) is 16.6. The van der Waals surface area contributed by atoms with Crippen LogP contribution < -0.4 is 5.32 Å². The minimum absolute atomic E-state index is 0.0390. The number of piperidine rings is 1. The van der Waals surface area contributed by atoms with Crippen LogP contribution in [0.5, 0.6) is 0 Å². The first-order valence-corrected chi connectivity index (χ1v) is 11.9. The van der Waals surface area contributed by atoms with E-state index in [9.17, 15) is 22.8 Å². The van der Waals surface area contributed by atoms with Gasteiger partial charge in [0.05, 0.1) is 29.2 Å². The Labute approximate surface area is 210 Å². The molecule has 0 spiro atoms. The molecule has 0 radical (unpaired) electrons. The monoisotopic (exact) mass is 514 g/mol. The standard InChI is InChI=1S/C25H25F3N6O3/c1-15-12-29-23(32-20(15)16-2-4-17(5-3-16)21(35)36)31-18-13-30-34(14-18)19-6-10-33(11-7-19)22(37)24(8-9-24)25(26,27)28/h2-5,12-14,19H,6-11H2,1H3,(H,35,36)(H,29,31,32). The molecule has 2 aliphatic rings. The van der Waals surface area contributed by atoms with Gasteiger partial charge in [0, 0.05) is 31.0 Å². The summed E-state index contributed by atoms with van der Waals surface area (Å²) >= 11 is 0. The van der Waals surface area contributed by atoms with E-state index < -0.39 is 23.5 Å². The molecule has 9 nitrogen and oxygen atoms in total. The van der Waals surface area contributed by atoms with Gasteiger partial charge >= 0.3 is 12.1 Å². The summed E-state index contributed by atoms with van der Waals surface area (Å²) in [4.78, 5) is 33.8. The fraction of sp³-hybridized carbons (Fsp3) is 0.400. The average molecular weight is 515 g/mol. The normalized spacial score (nSPS) is 17.5. The van der Waals surface area contributed by atoms with Crippen LogP contribution >= 0.6 is 0 Å². The molecule has 1 saturated carbocycles. The van der Waals surface area contributed by atoms with Crippen LogP contribution in [0.25, 0.3) is 11.3 Å². The fourth-order valence-corrected chi connectivity index (χ4v) is 4.68. The number of carboxylic acids is 1. The number of nitrogens with one attached hydrogen (secondary N) is 1. The molecule has 0 unspecified atom stereocenters. The van der Waals surface area contributed by atoms with Crippen LogP contribution in [0.3, 0.4) is 0 Å². The Bertz CT molecular complexity index is 1330. The van der Waals surface area contributed by atoms with Gasteiger partial charge in [0.15, 0.2) is 0 Å². The Balaban J connectivity index is 1.23. The summed E-state index contributed by atoms with van der Waals surface area (Å²) in [7, 11) is 0. The third kappa shape index (κ3) is 4.75. The summed E-state index contributed by atoms with van der Waals surface area (Å²) in [5.41, 5.74) is 0.888. The van der Waals surface area contributed by atoms with Gasteiger partial charge in [-0.3, -0.25) is 9.48 Å². The molecular weight excluding hydrogens is 489 g/mol. The smallest absolute Gasteiger partial charge is 0.403 e. The van der Waals surface area contributed by atoms with Gasteiger partial charge in [0.25, 0.3) is 0 Å². The molecule has 2 N–H and O–H groups in total. The summed E-state index contributed by atoms with van der Waals surface area (Å²) in [6.07, 6.45) is 1.34. The van der Waals surface area contributed by atoms with Crippen molar-refractivity contribution in [1.82, 2.24) is 24.6 Å². The highest BCUT2D eigenvalue weighted by molar-refractivity contribution is 5.88. The maximum atomic E-state index is 13.3. The largest absolute Gasteiger partial charge is 0.478 e. The molecule has 1 aliphatic carbocycles. The number of aromatic nitrogens is 4. The van der Waals surface area contributed by atoms with Gasteiger partial charge in [0.2, 0.25) is 11.9 Å². The van der Waals surface area contributed by atoms with E-state index in [1.807, 2.05) is 6.92 Å². The Morgan fingerprint density at radius 3 is 2.38 bits per heavy atom. The van der Waals surface area contributed by atoms with Crippen molar-refractivity contribution in [2.24, 2.45) is 5.41 Å². The first-order chi connectivity index (χ1) is 17.6. The quantitative estimate of drug-likeness (QED) is 0.494. The Hall–Kier alpha value is -3.96. The number of alkyl halides is 3. The highest BCUT2D eigenvalue weighted by Crippen LogP contribution is 2.58. The van der Waals surface area contributed by atoms with Crippen molar-refractivity contribution < 1.29 is 27.9 Å². The molecule has 3 aromatic rings. The molecule has 0 atom stereocenters. The van der Waals surface area contributed by atoms with Gasteiger partial charge in [0.1, 0.15) is 5.41 Å². The SMILES string of the molecule is Cc1cnc(Nc2cnn(C3CCN(C(=O)C4(C(F)(F)F)CC4)CC3)c2)nc1-c1ccc(C(=O)O)cc1. The van der Waals surface area contributed by atoms with Gasteiger partial charge in [-0.25, -0.2) is 14.8 Å². The number of hydrogen-bond acceptors (Lipinski definition) is 6. The van der Waals surface area contributed by atoms with Crippen LogP contribution in [0.1, 0.15) is 47.6 Å². The van der Waals surface area contributed by atoms with Crippen LogP contribution in [0.4, 0.5) is 24.8 Å². The van der Waals surface area contributed by atoms with Crippen molar-refractivity contribution in [3.05, 3.63) is 54.0 Å². The second-order valence-electron chi connectivity index (χ2n) is 9.54. The predicted octanol–water partition coefficient (Wildman–Crippen LogP) is 4.60. The number of carbonyl (C=O) groups excluding carboxylic acids is 1. The van der Waals surface area contributed by atoms with E-state index >= 15 is 0 Å². The molecule has 37 heavy (non-hydrogen) atoms. The number of amides is 1. The third-order valence-corrected chi connectivity index (χ3v) is 7.06. The van der Waals surface area contributed by atoms with Gasteiger partial charge in [-0.2, -0.15) is 18.3 Å². The van der Waals surface area contributed by atoms with Gasteiger partial charge in [-0.15, -0.1) is 0 Å². The number of aromatic carboxylic acids is 1. The molecule has 2 fully saturated rings. The van der Waals surface area contributed by atoms with E-state index in [1.54, 1.807) is 35.4 Å².